The van der Waals surface area contributed by atoms with Gasteiger partial charge in [0.15, 0.2) is 0 Å². The zero-order valence-corrected chi connectivity index (χ0v) is 11.4. The van der Waals surface area contributed by atoms with E-state index in [1.807, 2.05) is 4.90 Å². The fourth-order valence-corrected chi connectivity index (χ4v) is 2.13. The summed E-state index contributed by atoms with van der Waals surface area (Å²) in [6.45, 7) is 6.89. The molecule has 1 fully saturated rings. The molecule has 1 heterocycles. The Balaban J connectivity index is 2.12. The molecule has 0 aromatic rings. The van der Waals surface area contributed by atoms with Crippen LogP contribution in [0.1, 0.15) is 39.5 Å². The van der Waals surface area contributed by atoms with Gasteiger partial charge >= 0.3 is 0 Å². The summed E-state index contributed by atoms with van der Waals surface area (Å²) in [6.07, 6.45) is 3.90. The number of carbonyl (C=O) groups is 1. The van der Waals surface area contributed by atoms with E-state index >= 15 is 0 Å². The molecule has 0 aromatic carbocycles. The second-order valence-electron chi connectivity index (χ2n) is 5.03. The summed E-state index contributed by atoms with van der Waals surface area (Å²) in [7, 11) is 1.75. The van der Waals surface area contributed by atoms with Crippen LogP contribution < -0.4 is 5.32 Å². The van der Waals surface area contributed by atoms with Gasteiger partial charge in [0.05, 0.1) is 6.10 Å². The van der Waals surface area contributed by atoms with E-state index in [2.05, 4.69) is 19.2 Å². The van der Waals surface area contributed by atoms with E-state index in [1.165, 1.54) is 0 Å². The van der Waals surface area contributed by atoms with Crippen molar-refractivity contribution in [1.82, 2.24) is 10.2 Å². The van der Waals surface area contributed by atoms with Gasteiger partial charge in [-0.25, -0.2) is 0 Å². The van der Waals surface area contributed by atoms with Gasteiger partial charge in [-0.15, -0.1) is 0 Å². The summed E-state index contributed by atoms with van der Waals surface area (Å²) >= 11 is 0. The van der Waals surface area contributed by atoms with Gasteiger partial charge in [-0.1, -0.05) is 13.8 Å². The molecule has 0 radical (unpaired) electrons. The van der Waals surface area contributed by atoms with Gasteiger partial charge in [0.25, 0.3) is 0 Å². The molecule has 0 unspecified atom stereocenters. The zero-order chi connectivity index (χ0) is 12.7. The fourth-order valence-electron chi connectivity index (χ4n) is 2.13. The Labute approximate surface area is 105 Å². The van der Waals surface area contributed by atoms with Crippen molar-refractivity contribution in [3.63, 3.8) is 0 Å². The van der Waals surface area contributed by atoms with Crippen LogP contribution in [0.15, 0.2) is 0 Å². The fraction of sp³-hybridized carbons (Fsp3) is 0.923. The van der Waals surface area contributed by atoms with E-state index in [1.54, 1.807) is 7.11 Å². The van der Waals surface area contributed by atoms with E-state index in [4.69, 9.17) is 4.74 Å². The Morgan fingerprint density at radius 1 is 1.41 bits per heavy atom. The average Bonchev–Trinajstić information content (AvgIpc) is 2.34. The first-order chi connectivity index (χ1) is 8.13. The molecule has 17 heavy (non-hydrogen) atoms. The molecule has 0 aromatic heterocycles. The summed E-state index contributed by atoms with van der Waals surface area (Å²) in [5, 5.41) is 3.33. The molecular formula is C13H26N2O2. The van der Waals surface area contributed by atoms with Gasteiger partial charge in [-0.05, 0) is 25.8 Å². The summed E-state index contributed by atoms with van der Waals surface area (Å²) in [5.74, 6) is 0.296. The van der Waals surface area contributed by atoms with Crippen molar-refractivity contribution in [3.05, 3.63) is 0 Å². The molecule has 0 aliphatic carbocycles. The minimum absolute atomic E-state index is 0.296. The van der Waals surface area contributed by atoms with Gasteiger partial charge in [-0.2, -0.15) is 0 Å². The molecule has 4 nitrogen and oxygen atoms in total. The molecule has 0 spiro atoms. The Bertz CT molecular complexity index is 223. The summed E-state index contributed by atoms with van der Waals surface area (Å²) < 4.78 is 5.30. The lowest BCUT2D eigenvalue weighted by Gasteiger charge is -2.31. The van der Waals surface area contributed by atoms with Crippen molar-refractivity contribution < 1.29 is 9.53 Å². The van der Waals surface area contributed by atoms with Crippen LogP contribution in [0, 0.1) is 0 Å². The van der Waals surface area contributed by atoms with Gasteiger partial charge in [0.1, 0.15) is 0 Å². The summed E-state index contributed by atoms with van der Waals surface area (Å²) in [6, 6.07) is 0.502. The second-order valence-corrected chi connectivity index (χ2v) is 5.03. The molecular weight excluding hydrogens is 216 g/mol. The Morgan fingerprint density at radius 3 is 2.59 bits per heavy atom. The molecule has 1 N–H and O–H groups in total. The highest BCUT2D eigenvalue weighted by Crippen LogP contribution is 2.13. The van der Waals surface area contributed by atoms with Gasteiger partial charge in [0, 0.05) is 32.7 Å². The van der Waals surface area contributed by atoms with Crippen molar-refractivity contribution in [3.8, 4) is 0 Å². The minimum atomic E-state index is 0.296. The van der Waals surface area contributed by atoms with Crippen LogP contribution in [0.4, 0.5) is 0 Å². The highest BCUT2D eigenvalue weighted by Gasteiger charge is 2.21. The van der Waals surface area contributed by atoms with Crippen molar-refractivity contribution in [2.75, 3.05) is 26.7 Å². The summed E-state index contributed by atoms with van der Waals surface area (Å²) in [4.78, 5) is 13.9. The van der Waals surface area contributed by atoms with Crippen LogP contribution in [0.2, 0.25) is 0 Å². The molecule has 4 heteroatoms. The Morgan fingerprint density at radius 2 is 2.06 bits per heavy atom. The van der Waals surface area contributed by atoms with Crippen molar-refractivity contribution >= 4 is 5.91 Å². The maximum Gasteiger partial charge on any atom is 0.222 e. The summed E-state index contributed by atoms with van der Waals surface area (Å²) in [5.41, 5.74) is 0. The minimum Gasteiger partial charge on any atom is -0.381 e. The standard InChI is InChI=1S/C13H26N2O2/c1-11(2)14-8-4-5-13(16)15-9-6-12(17-3)7-10-15/h11-12,14H,4-10H2,1-3H3. The number of methoxy groups -OCH3 is 1. The van der Waals surface area contributed by atoms with E-state index in [-0.39, 0.29) is 0 Å². The third-order valence-electron chi connectivity index (χ3n) is 3.25. The third-order valence-corrected chi connectivity index (χ3v) is 3.25. The van der Waals surface area contributed by atoms with E-state index in [9.17, 15) is 4.79 Å². The SMILES string of the molecule is COC1CCN(C(=O)CCCNC(C)C)CC1. The predicted molar refractivity (Wildman–Crippen MR) is 69.0 cm³/mol. The molecule has 1 rings (SSSR count). The molecule has 1 aliphatic heterocycles. The number of likely N-dealkylation sites (tertiary alicyclic amines) is 1. The molecule has 0 bridgehead atoms. The van der Waals surface area contributed by atoms with Crippen molar-refractivity contribution in [2.24, 2.45) is 0 Å². The predicted octanol–water partition coefficient (Wildman–Crippen LogP) is 1.40. The lowest BCUT2D eigenvalue weighted by molar-refractivity contribution is -0.133. The van der Waals surface area contributed by atoms with Gasteiger partial charge in [0.2, 0.25) is 5.91 Å². The molecule has 100 valence electrons. The maximum absolute atomic E-state index is 11.9. The van der Waals surface area contributed by atoms with Crippen molar-refractivity contribution in [2.45, 2.75) is 51.7 Å². The number of nitrogens with one attached hydrogen (secondary N) is 1. The first-order valence-corrected chi connectivity index (χ1v) is 6.67. The van der Waals surface area contributed by atoms with Gasteiger partial charge in [-0.3, -0.25) is 4.79 Å². The second kappa shape index (κ2) is 7.67. The van der Waals surface area contributed by atoms with Crippen LogP contribution in [0.5, 0.6) is 0 Å². The van der Waals surface area contributed by atoms with E-state index < -0.39 is 0 Å². The smallest absolute Gasteiger partial charge is 0.222 e. The zero-order valence-electron chi connectivity index (χ0n) is 11.4. The molecule has 1 aliphatic rings. The normalized spacial score (nSPS) is 17.8. The highest BCUT2D eigenvalue weighted by molar-refractivity contribution is 5.76. The number of amides is 1. The number of rotatable bonds is 6. The van der Waals surface area contributed by atoms with Gasteiger partial charge < -0.3 is 15.0 Å². The Hall–Kier alpha value is -0.610. The molecule has 1 saturated heterocycles. The maximum atomic E-state index is 11.9. The molecule has 0 atom stereocenters. The third kappa shape index (κ3) is 5.50. The lowest BCUT2D eigenvalue weighted by Crippen LogP contribution is -2.40. The van der Waals surface area contributed by atoms with Crippen LogP contribution >= 0.6 is 0 Å². The number of piperidine rings is 1. The monoisotopic (exact) mass is 242 g/mol. The number of hydrogen-bond donors (Lipinski definition) is 1. The lowest BCUT2D eigenvalue weighted by atomic mass is 10.1. The molecule has 1 amide bonds. The van der Waals surface area contributed by atoms with Crippen LogP contribution in [0.25, 0.3) is 0 Å². The first kappa shape index (κ1) is 14.5. The van der Waals surface area contributed by atoms with E-state index in [0.29, 0.717) is 24.5 Å². The topological polar surface area (TPSA) is 41.6 Å². The highest BCUT2D eigenvalue weighted by atomic mass is 16.5. The quantitative estimate of drug-likeness (QED) is 0.716. The average molecular weight is 242 g/mol. The number of nitrogens with zero attached hydrogens (tertiary/aromatic N) is 1. The van der Waals surface area contributed by atoms with Crippen LogP contribution in [0.3, 0.4) is 0 Å². The molecule has 0 saturated carbocycles. The largest absolute Gasteiger partial charge is 0.381 e. The Kier molecular flexibility index (Phi) is 6.52. The van der Waals surface area contributed by atoms with Crippen LogP contribution in [-0.2, 0) is 9.53 Å². The number of hydrogen-bond acceptors (Lipinski definition) is 3. The van der Waals surface area contributed by atoms with Crippen molar-refractivity contribution in [1.29, 1.82) is 0 Å². The van der Waals surface area contributed by atoms with E-state index in [0.717, 1.165) is 38.9 Å². The first-order valence-electron chi connectivity index (χ1n) is 6.67. The van der Waals surface area contributed by atoms with Crippen LogP contribution in [-0.4, -0.2) is 49.7 Å². The number of carbonyl (C=O) groups excluding carboxylic acids is 1. The number of ether oxygens (including phenoxy) is 1.